The molecule has 3 heterocycles. The van der Waals surface area contributed by atoms with E-state index in [1.165, 1.54) is 22.5 Å². The van der Waals surface area contributed by atoms with Crippen LogP contribution in [0.25, 0.3) is 22.3 Å². The summed E-state index contributed by atoms with van der Waals surface area (Å²) in [5.41, 5.74) is 2.07. The van der Waals surface area contributed by atoms with Gasteiger partial charge in [-0.3, -0.25) is 14.2 Å². The minimum atomic E-state index is -0.585. The minimum Gasteiger partial charge on any atom is -0.328 e. The van der Waals surface area contributed by atoms with E-state index < -0.39 is 17.2 Å². The summed E-state index contributed by atoms with van der Waals surface area (Å²) in [5, 5.41) is 6.76. The predicted octanol–water partition coefficient (Wildman–Crippen LogP) is 1.80. The average Bonchev–Trinajstić information content (AvgIpc) is 3.34. The smallest absolute Gasteiger partial charge is 0.328 e. The molecule has 0 saturated heterocycles. The van der Waals surface area contributed by atoms with Gasteiger partial charge in [0.1, 0.15) is 6.54 Å². The van der Waals surface area contributed by atoms with Crippen LogP contribution < -0.4 is 16.6 Å². The van der Waals surface area contributed by atoms with Crippen molar-refractivity contribution in [2.24, 2.45) is 14.1 Å². The van der Waals surface area contributed by atoms with Crippen molar-refractivity contribution < 1.29 is 4.79 Å². The van der Waals surface area contributed by atoms with Gasteiger partial charge in [0.25, 0.3) is 5.56 Å². The summed E-state index contributed by atoms with van der Waals surface area (Å²) >= 11 is 1.59. The van der Waals surface area contributed by atoms with E-state index in [2.05, 4.69) is 10.3 Å². The molecule has 8 nitrogen and oxygen atoms in total. The number of thiophene rings is 1. The predicted molar refractivity (Wildman–Crippen MR) is 109 cm³/mol. The van der Waals surface area contributed by atoms with Crippen LogP contribution in [0.5, 0.6) is 0 Å². The van der Waals surface area contributed by atoms with Gasteiger partial charge in [0.15, 0.2) is 11.2 Å². The number of imidazole rings is 1. The molecule has 9 heteroatoms. The fraction of sp³-hybridized carbons (Fsp3) is 0.158. The summed E-state index contributed by atoms with van der Waals surface area (Å²) < 4.78 is 3.72. The number of hydrogen-bond donors (Lipinski definition) is 1. The molecule has 0 aliphatic carbocycles. The third kappa shape index (κ3) is 3.05. The second-order valence-corrected chi connectivity index (χ2v) is 7.18. The summed E-state index contributed by atoms with van der Waals surface area (Å²) in [6.07, 6.45) is 1.46. The molecule has 0 radical (unpaired) electrons. The number of carbonyl (C=O) groups is 1. The molecular weight excluding hydrogens is 378 g/mol. The molecule has 1 amide bonds. The quantitative estimate of drug-likeness (QED) is 0.570. The van der Waals surface area contributed by atoms with E-state index in [0.717, 1.165) is 15.7 Å². The Bertz CT molecular complexity index is 1300. The molecular formula is C19H17N5O3S. The number of nitrogens with one attached hydrogen (secondary N) is 1. The number of hydrogen-bond acceptors (Lipinski definition) is 5. The first-order valence-corrected chi connectivity index (χ1v) is 9.43. The first-order valence-electron chi connectivity index (χ1n) is 8.49. The first-order chi connectivity index (χ1) is 13.5. The molecule has 3 aromatic heterocycles. The molecule has 0 aliphatic rings. The maximum absolute atomic E-state index is 12.7. The summed E-state index contributed by atoms with van der Waals surface area (Å²) in [4.78, 5) is 41.8. The van der Waals surface area contributed by atoms with E-state index in [-0.39, 0.29) is 17.7 Å². The number of aryl methyl sites for hydroxylation is 2. The van der Waals surface area contributed by atoms with E-state index in [1.807, 2.05) is 35.0 Å². The maximum Gasteiger partial charge on any atom is 0.332 e. The molecule has 0 spiro atoms. The Balaban J connectivity index is 1.63. The molecule has 0 fully saturated rings. The van der Waals surface area contributed by atoms with Crippen molar-refractivity contribution in [3.05, 3.63) is 68.3 Å². The minimum absolute atomic E-state index is 0.273. The number of benzene rings is 1. The van der Waals surface area contributed by atoms with Crippen molar-refractivity contribution in [2.75, 3.05) is 5.32 Å². The Morgan fingerprint density at radius 3 is 2.75 bits per heavy atom. The number of rotatable bonds is 4. The van der Waals surface area contributed by atoms with Gasteiger partial charge in [-0.1, -0.05) is 12.1 Å². The standard InChI is InChI=1S/C19H17N5O3S/c1-22-11-20-17-16(22)18(26)24(19(27)23(17)2)9-15(25)21-14-5-3-4-12(8-14)13-6-7-28-10-13/h3-8,10-11H,9H2,1-2H3,(H,21,25). The summed E-state index contributed by atoms with van der Waals surface area (Å²) in [7, 11) is 3.19. The van der Waals surface area contributed by atoms with E-state index in [4.69, 9.17) is 0 Å². The molecule has 0 bridgehead atoms. The van der Waals surface area contributed by atoms with Crippen molar-refractivity contribution in [3.8, 4) is 11.1 Å². The van der Waals surface area contributed by atoms with Crippen LogP contribution in [0, 0.1) is 0 Å². The number of amides is 1. The van der Waals surface area contributed by atoms with Crippen molar-refractivity contribution in [3.63, 3.8) is 0 Å². The number of fused-ring (bicyclic) bond motifs is 1. The normalized spacial score (nSPS) is 11.1. The topological polar surface area (TPSA) is 90.9 Å². The lowest BCUT2D eigenvalue weighted by molar-refractivity contribution is -0.116. The van der Waals surface area contributed by atoms with E-state index >= 15 is 0 Å². The fourth-order valence-electron chi connectivity index (χ4n) is 3.09. The van der Waals surface area contributed by atoms with Gasteiger partial charge in [-0.15, -0.1) is 0 Å². The Kier molecular flexibility index (Phi) is 4.44. The summed E-state index contributed by atoms with van der Waals surface area (Å²) in [6.45, 7) is -0.380. The van der Waals surface area contributed by atoms with E-state index in [9.17, 15) is 14.4 Å². The zero-order chi connectivity index (χ0) is 19.8. The fourth-order valence-corrected chi connectivity index (χ4v) is 3.75. The molecule has 0 unspecified atom stereocenters. The number of anilines is 1. The second kappa shape index (κ2) is 6.93. The molecule has 0 atom stereocenters. The van der Waals surface area contributed by atoms with Gasteiger partial charge >= 0.3 is 5.69 Å². The molecule has 4 aromatic rings. The molecule has 0 aliphatic heterocycles. The highest BCUT2D eigenvalue weighted by Gasteiger charge is 2.17. The zero-order valence-electron chi connectivity index (χ0n) is 15.2. The van der Waals surface area contributed by atoms with Crippen molar-refractivity contribution >= 4 is 34.1 Å². The zero-order valence-corrected chi connectivity index (χ0v) is 16.1. The lowest BCUT2D eigenvalue weighted by atomic mass is 10.1. The van der Waals surface area contributed by atoms with Gasteiger partial charge in [0.05, 0.1) is 6.33 Å². The van der Waals surface area contributed by atoms with Gasteiger partial charge in [-0.2, -0.15) is 11.3 Å². The van der Waals surface area contributed by atoms with Crippen LogP contribution in [-0.4, -0.2) is 24.6 Å². The summed E-state index contributed by atoms with van der Waals surface area (Å²) in [5.74, 6) is -0.455. The lowest BCUT2D eigenvalue weighted by Crippen LogP contribution is -2.42. The van der Waals surface area contributed by atoms with Crippen LogP contribution in [0.2, 0.25) is 0 Å². The number of aromatic nitrogens is 4. The van der Waals surface area contributed by atoms with Gasteiger partial charge in [-0.05, 0) is 40.1 Å². The van der Waals surface area contributed by atoms with Gasteiger partial charge in [0.2, 0.25) is 5.91 Å². The van der Waals surface area contributed by atoms with Gasteiger partial charge < -0.3 is 9.88 Å². The van der Waals surface area contributed by atoms with Crippen LogP contribution in [-0.2, 0) is 25.4 Å². The van der Waals surface area contributed by atoms with Crippen LogP contribution in [0.15, 0.2) is 57.0 Å². The maximum atomic E-state index is 12.7. The first kappa shape index (κ1) is 17.9. The van der Waals surface area contributed by atoms with Crippen LogP contribution in [0.1, 0.15) is 0 Å². The van der Waals surface area contributed by atoms with Crippen LogP contribution in [0.3, 0.4) is 0 Å². The highest BCUT2D eigenvalue weighted by atomic mass is 32.1. The molecule has 4 rings (SSSR count). The SMILES string of the molecule is Cn1cnc2c1c(=O)n(CC(=O)Nc1cccc(-c3ccsc3)c1)c(=O)n2C. The highest BCUT2D eigenvalue weighted by Crippen LogP contribution is 2.24. The molecule has 1 aromatic carbocycles. The van der Waals surface area contributed by atoms with Gasteiger partial charge in [-0.25, -0.2) is 14.3 Å². The number of nitrogens with zero attached hydrogens (tertiary/aromatic N) is 4. The molecule has 142 valence electrons. The highest BCUT2D eigenvalue weighted by molar-refractivity contribution is 7.08. The second-order valence-electron chi connectivity index (χ2n) is 6.40. The van der Waals surface area contributed by atoms with E-state index in [1.54, 1.807) is 24.5 Å². The Labute approximate surface area is 163 Å². The third-order valence-electron chi connectivity index (χ3n) is 4.50. The largest absolute Gasteiger partial charge is 0.332 e. The van der Waals surface area contributed by atoms with Crippen molar-refractivity contribution in [1.29, 1.82) is 0 Å². The summed E-state index contributed by atoms with van der Waals surface area (Å²) in [6, 6.07) is 9.41. The monoisotopic (exact) mass is 395 g/mol. The van der Waals surface area contributed by atoms with Gasteiger partial charge in [0, 0.05) is 19.8 Å². The van der Waals surface area contributed by atoms with E-state index in [0.29, 0.717) is 5.69 Å². The average molecular weight is 395 g/mol. The van der Waals surface area contributed by atoms with Crippen LogP contribution in [0.4, 0.5) is 5.69 Å². The molecule has 1 N–H and O–H groups in total. The molecule has 0 saturated carbocycles. The number of carbonyl (C=O) groups excluding carboxylic acids is 1. The van der Waals surface area contributed by atoms with Crippen LogP contribution >= 0.6 is 11.3 Å². The Morgan fingerprint density at radius 2 is 2.00 bits per heavy atom. The van der Waals surface area contributed by atoms with Crippen molar-refractivity contribution in [1.82, 2.24) is 18.7 Å². The third-order valence-corrected chi connectivity index (χ3v) is 5.19. The van der Waals surface area contributed by atoms with Crippen molar-refractivity contribution in [2.45, 2.75) is 6.54 Å². The molecule has 28 heavy (non-hydrogen) atoms. The Morgan fingerprint density at radius 1 is 1.18 bits per heavy atom. The lowest BCUT2D eigenvalue weighted by Gasteiger charge is -2.10. The Hall–Kier alpha value is -3.46.